The van der Waals surface area contributed by atoms with Gasteiger partial charge in [0.15, 0.2) is 24.2 Å². The highest BCUT2D eigenvalue weighted by molar-refractivity contribution is 5.83. The molecule has 2 N–H and O–H groups in total. The summed E-state index contributed by atoms with van der Waals surface area (Å²) in [5.41, 5.74) is -0.957. The third kappa shape index (κ3) is 5.26. The molecular formula is C27H29F3N6O3. The number of ether oxygens (including phenoxy) is 1. The third-order valence-corrected chi connectivity index (χ3v) is 7.18. The van der Waals surface area contributed by atoms with Crippen LogP contribution in [0.1, 0.15) is 39.3 Å². The number of alkyl halides is 1. The zero-order chi connectivity index (χ0) is 27.9. The molecule has 1 fully saturated rings. The summed E-state index contributed by atoms with van der Waals surface area (Å²) in [5, 5.41) is 25.5. The SMILES string of the molecule is CC(C)(O)[C@@](C)(O)c1cc2nc(N3CCC(Oc4ccc(F)cc4F)CC3)c(-c3cnn(CF)c3)nc2cn1. The second-order valence-electron chi connectivity index (χ2n) is 10.4. The number of aliphatic hydroxyl groups is 2. The van der Waals surface area contributed by atoms with Gasteiger partial charge >= 0.3 is 0 Å². The van der Waals surface area contributed by atoms with Crippen molar-refractivity contribution < 1.29 is 28.1 Å². The highest BCUT2D eigenvalue weighted by atomic mass is 19.1. The number of piperidine rings is 1. The number of halogens is 3. The van der Waals surface area contributed by atoms with Crippen LogP contribution >= 0.6 is 0 Å². The molecule has 3 aromatic heterocycles. The summed E-state index contributed by atoms with van der Waals surface area (Å²) < 4.78 is 47.5. The number of hydrogen-bond acceptors (Lipinski definition) is 8. The number of hydrogen-bond donors (Lipinski definition) is 2. The van der Waals surface area contributed by atoms with Gasteiger partial charge in [-0.15, -0.1) is 0 Å². The number of benzene rings is 1. The molecule has 1 aliphatic heterocycles. The van der Waals surface area contributed by atoms with Gasteiger partial charge in [0.25, 0.3) is 0 Å². The molecule has 39 heavy (non-hydrogen) atoms. The Kier molecular flexibility index (Phi) is 6.93. The van der Waals surface area contributed by atoms with Crippen molar-refractivity contribution in [2.24, 2.45) is 0 Å². The lowest BCUT2D eigenvalue weighted by atomic mass is 9.84. The average Bonchev–Trinajstić information content (AvgIpc) is 3.38. The van der Waals surface area contributed by atoms with Crippen molar-refractivity contribution in [2.75, 3.05) is 18.0 Å². The normalized spacial score (nSPS) is 16.5. The molecule has 206 valence electrons. The van der Waals surface area contributed by atoms with E-state index in [0.29, 0.717) is 54.0 Å². The average molecular weight is 543 g/mol. The first kappa shape index (κ1) is 26.8. The zero-order valence-corrected chi connectivity index (χ0v) is 21.8. The van der Waals surface area contributed by atoms with Crippen LogP contribution in [0.2, 0.25) is 0 Å². The second-order valence-corrected chi connectivity index (χ2v) is 10.4. The van der Waals surface area contributed by atoms with Gasteiger partial charge in [0.2, 0.25) is 0 Å². The second kappa shape index (κ2) is 10.1. The number of pyridine rings is 1. The van der Waals surface area contributed by atoms with Gasteiger partial charge in [-0.1, -0.05) is 0 Å². The Bertz CT molecular complexity index is 1500. The standard InChI is InChI=1S/C27H29F3N6O3/c1-26(2,37)27(3,38)23-11-20-21(13-31-23)33-24(16-12-32-36(14-16)15-28)25(34-20)35-8-6-18(7-9-35)39-22-5-4-17(29)10-19(22)30/h4-5,10-14,18,37-38H,6-9,15H2,1-3H3/t27-/m0/s1. The van der Waals surface area contributed by atoms with E-state index in [-0.39, 0.29) is 17.5 Å². The predicted molar refractivity (Wildman–Crippen MR) is 138 cm³/mol. The minimum Gasteiger partial charge on any atom is -0.487 e. The first-order chi connectivity index (χ1) is 18.5. The molecule has 1 aliphatic rings. The molecule has 9 nitrogen and oxygen atoms in total. The minimum absolute atomic E-state index is 0.00133. The zero-order valence-electron chi connectivity index (χ0n) is 21.8. The molecule has 1 aromatic carbocycles. The molecule has 0 amide bonds. The molecule has 0 spiro atoms. The fraction of sp³-hybridized carbons (Fsp3) is 0.407. The Morgan fingerprint density at radius 2 is 1.77 bits per heavy atom. The van der Waals surface area contributed by atoms with Crippen LogP contribution in [-0.2, 0) is 12.4 Å². The molecule has 0 bridgehead atoms. The van der Waals surface area contributed by atoms with Gasteiger partial charge in [0.05, 0.1) is 29.2 Å². The van der Waals surface area contributed by atoms with E-state index in [1.54, 1.807) is 6.07 Å². The number of aromatic nitrogens is 5. The summed E-state index contributed by atoms with van der Waals surface area (Å²) in [7, 11) is 0. The summed E-state index contributed by atoms with van der Waals surface area (Å²) in [5.74, 6) is -0.905. The molecule has 0 aliphatic carbocycles. The van der Waals surface area contributed by atoms with Crippen molar-refractivity contribution in [1.82, 2.24) is 24.7 Å². The van der Waals surface area contributed by atoms with Crippen LogP contribution in [0.15, 0.2) is 42.9 Å². The van der Waals surface area contributed by atoms with E-state index >= 15 is 0 Å². The Morgan fingerprint density at radius 3 is 2.41 bits per heavy atom. The van der Waals surface area contributed by atoms with Crippen LogP contribution in [0, 0.1) is 11.6 Å². The van der Waals surface area contributed by atoms with E-state index in [2.05, 4.69) is 10.1 Å². The number of fused-ring (bicyclic) bond motifs is 1. The van der Waals surface area contributed by atoms with Crippen LogP contribution in [0.5, 0.6) is 5.75 Å². The smallest absolute Gasteiger partial charge is 0.181 e. The fourth-order valence-electron chi connectivity index (χ4n) is 4.43. The number of rotatable bonds is 7. The van der Waals surface area contributed by atoms with Crippen LogP contribution < -0.4 is 9.64 Å². The van der Waals surface area contributed by atoms with E-state index < -0.39 is 29.6 Å². The molecule has 12 heteroatoms. The van der Waals surface area contributed by atoms with Crippen molar-refractivity contribution in [3.63, 3.8) is 0 Å². The molecule has 1 saturated heterocycles. The Labute approximate surface area is 222 Å². The summed E-state index contributed by atoms with van der Waals surface area (Å²) in [4.78, 5) is 15.9. The lowest BCUT2D eigenvalue weighted by Gasteiger charge is -2.35. The van der Waals surface area contributed by atoms with Crippen molar-refractivity contribution in [3.8, 4) is 17.0 Å². The topological polar surface area (TPSA) is 109 Å². The van der Waals surface area contributed by atoms with Gasteiger partial charge in [-0.3, -0.25) is 4.98 Å². The maximum atomic E-state index is 14.1. The van der Waals surface area contributed by atoms with Gasteiger partial charge < -0.3 is 19.8 Å². The van der Waals surface area contributed by atoms with Crippen LogP contribution in [-0.4, -0.2) is 59.7 Å². The van der Waals surface area contributed by atoms with E-state index in [9.17, 15) is 23.4 Å². The summed E-state index contributed by atoms with van der Waals surface area (Å²) >= 11 is 0. The van der Waals surface area contributed by atoms with Crippen LogP contribution in [0.4, 0.5) is 19.0 Å². The molecule has 4 aromatic rings. The number of nitrogens with zero attached hydrogens (tertiary/aromatic N) is 6. The summed E-state index contributed by atoms with van der Waals surface area (Å²) in [6.07, 6.45) is 5.30. The molecular weight excluding hydrogens is 513 g/mol. The van der Waals surface area contributed by atoms with Crippen molar-refractivity contribution in [1.29, 1.82) is 0 Å². The Morgan fingerprint density at radius 1 is 1.03 bits per heavy atom. The number of anilines is 1. The molecule has 4 heterocycles. The molecule has 0 radical (unpaired) electrons. The lowest BCUT2D eigenvalue weighted by molar-refractivity contribution is -0.127. The van der Waals surface area contributed by atoms with Gasteiger partial charge in [0.1, 0.15) is 28.7 Å². The lowest BCUT2D eigenvalue weighted by Crippen LogP contribution is -2.45. The van der Waals surface area contributed by atoms with Gasteiger partial charge in [-0.05, 0) is 39.0 Å². The Hall–Kier alpha value is -3.77. The van der Waals surface area contributed by atoms with Crippen molar-refractivity contribution in [2.45, 2.75) is 57.7 Å². The highest BCUT2D eigenvalue weighted by Crippen LogP contribution is 2.35. The van der Waals surface area contributed by atoms with E-state index in [0.717, 1.165) is 16.8 Å². The minimum atomic E-state index is -1.66. The first-order valence-electron chi connectivity index (χ1n) is 12.5. The van der Waals surface area contributed by atoms with E-state index in [1.165, 1.54) is 45.4 Å². The Balaban J connectivity index is 1.48. The van der Waals surface area contributed by atoms with E-state index in [4.69, 9.17) is 14.7 Å². The summed E-state index contributed by atoms with van der Waals surface area (Å²) in [6, 6.07) is 4.81. The van der Waals surface area contributed by atoms with Crippen LogP contribution in [0.3, 0.4) is 0 Å². The quantitative estimate of drug-likeness (QED) is 0.359. The third-order valence-electron chi connectivity index (χ3n) is 7.18. The van der Waals surface area contributed by atoms with Gasteiger partial charge in [-0.2, -0.15) is 5.10 Å². The molecule has 1 atom stereocenters. The van der Waals surface area contributed by atoms with Crippen molar-refractivity contribution >= 4 is 16.9 Å². The highest BCUT2D eigenvalue weighted by Gasteiger charge is 2.41. The maximum absolute atomic E-state index is 14.1. The van der Waals surface area contributed by atoms with Gasteiger partial charge in [0, 0.05) is 43.8 Å². The van der Waals surface area contributed by atoms with E-state index in [1.807, 2.05) is 4.90 Å². The molecule has 0 saturated carbocycles. The predicted octanol–water partition coefficient (Wildman–Crippen LogP) is 4.12. The molecule has 5 rings (SSSR count). The molecule has 0 unspecified atom stereocenters. The largest absolute Gasteiger partial charge is 0.487 e. The fourth-order valence-corrected chi connectivity index (χ4v) is 4.43. The maximum Gasteiger partial charge on any atom is 0.181 e. The first-order valence-corrected chi connectivity index (χ1v) is 12.5. The van der Waals surface area contributed by atoms with Crippen molar-refractivity contribution in [3.05, 3.63) is 60.2 Å². The van der Waals surface area contributed by atoms with Crippen LogP contribution in [0.25, 0.3) is 22.3 Å². The van der Waals surface area contributed by atoms with Gasteiger partial charge in [-0.25, -0.2) is 27.8 Å². The summed E-state index contributed by atoms with van der Waals surface area (Å²) in [6.45, 7) is 4.66. The monoisotopic (exact) mass is 542 g/mol.